The van der Waals surface area contributed by atoms with Gasteiger partial charge in [0.05, 0.1) is 4.90 Å². The number of benzene rings is 2. The third kappa shape index (κ3) is 5.08. The summed E-state index contributed by atoms with van der Waals surface area (Å²) >= 11 is 0. The molecular formula is C20H24N2O4S. The van der Waals surface area contributed by atoms with Gasteiger partial charge in [0.15, 0.2) is 6.61 Å². The van der Waals surface area contributed by atoms with Crippen molar-refractivity contribution >= 4 is 21.6 Å². The predicted molar refractivity (Wildman–Crippen MR) is 105 cm³/mol. The van der Waals surface area contributed by atoms with Crippen molar-refractivity contribution in [1.29, 1.82) is 0 Å². The van der Waals surface area contributed by atoms with E-state index in [1.165, 1.54) is 6.07 Å². The van der Waals surface area contributed by atoms with Crippen molar-refractivity contribution in [3.8, 4) is 5.75 Å². The molecule has 6 nitrogen and oxygen atoms in total. The zero-order chi connectivity index (χ0) is 19.6. The number of anilines is 1. The number of amides is 1. The molecule has 0 aliphatic heterocycles. The van der Waals surface area contributed by atoms with Gasteiger partial charge in [-0.3, -0.25) is 4.79 Å². The lowest BCUT2D eigenvalue weighted by molar-refractivity contribution is -0.118. The van der Waals surface area contributed by atoms with Crippen molar-refractivity contribution in [3.05, 3.63) is 53.1 Å². The van der Waals surface area contributed by atoms with Gasteiger partial charge in [0.2, 0.25) is 10.0 Å². The lowest BCUT2D eigenvalue weighted by Crippen LogP contribution is -2.25. The summed E-state index contributed by atoms with van der Waals surface area (Å²) in [7, 11) is -3.50. The molecule has 7 heteroatoms. The van der Waals surface area contributed by atoms with Crippen LogP contribution in [0.15, 0.2) is 41.3 Å². The minimum atomic E-state index is -3.50. The Morgan fingerprint density at radius 1 is 1.07 bits per heavy atom. The molecule has 0 atom stereocenters. The number of hydrogen-bond donors (Lipinski definition) is 2. The molecule has 1 aliphatic carbocycles. The Hall–Kier alpha value is -2.38. The summed E-state index contributed by atoms with van der Waals surface area (Å²) in [6, 6.07) is 10.5. The van der Waals surface area contributed by atoms with Crippen molar-refractivity contribution in [2.24, 2.45) is 0 Å². The maximum Gasteiger partial charge on any atom is 0.262 e. The van der Waals surface area contributed by atoms with Crippen LogP contribution in [0.1, 0.15) is 29.5 Å². The van der Waals surface area contributed by atoms with Gasteiger partial charge < -0.3 is 10.1 Å². The number of rotatable bonds is 7. The molecular weight excluding hydrogens is 364 g/mol. The molecule has 1 aliphatic rings. The molecule has 0 bridgehead atoms. The van der Waals surface area contributed by atoms with Crippen LogP contribution < -0.4 is 14.8 Å². The minimum absolute atomic E-state index is 0.0557. The third-order valence-corrected chi connectivity index (χ3v) is 5.89. The van der Waals surface area contributed by atoms with E-state index in [0.29, 0.717) is 11.3 Å². The molecule has 0 radical (unpaired) electrons. The molecule has 144 valence electrons. The highest BCUT2D eigenvalue weighted by molar-refractivity contribution is 7.89. The average molecular weight is 388 g/mol. The molecule has 27 heavy (non-hydrogen) atoms. The van der Waals surface area contributed by atoms with Gasteiger partial charge in [0, 0.05) is 11.7 Å². The standard InChI is InChI=1S/C20H24N2O4S/c1-13-4-8-18(14(2)10-13)21-20(23)12-26-19-9-7-17(11-15(19)3)27(24,25)22-16-5-6-16/h4,7-11,16,22H,5-6,12H2,1-3H3,(H,21,23). The first-order valence-electron chi connectivity index (χ1n) is 8.87. The fraction of sp³-hybridized carbons (Fsp3) is 0.350. The fourth-order valence-corrected chi connectivity index (χ4v) is 4.11. The van der Waals surface area contributed by atoms with Crippen LogP contribution in [0.4, 0.5) is 5.69 Å². The fourth-order valence-electron chi connectivity index (χ4n) is 2.72. The van der Waals surface area contributed by atoms with E-state index in [0.717, 1.165) is 29.7 Å². The summed E-state index contributed by atoms with van der Waals surface area (Å²) in [5.74, 6) is 0.213. The third-order valence-electron chi connectivity index (χ3n) is 4.37. The number of hydrogen-bond acceptors (Lipinski definition) is 4. The van der Waals surface area contributed by atoms with E-state index in [1.807, 2.05) is 32.0 Å². The lowest BCUT2D eigenvalue weighted by atomic mass is 10.1. The topological polar surface area (TPSA) is 84.5 Å². The molecule has 2 N–H and O–H groups in total. The van der Waals surface area contributed by atoms with Crippen LogP contribution in [0.25, 0.3) is 0 Å². The summed E-state index contributed by atoms with van der Waals surface area (Å²) in [4.78, 5) is 12.4. The maximum absolute atomic E-state index is 12.3. The second-order valence-electron chi connectivity index (χ2n) is 6.98. The minimum Gasteiger partial charge on any atom is -0.483 e. The van der Waals surface area contributed by atoms with Gasteiger partial charge >= 0.3 is 0 Å². The van der Waals surface area contributed by atoms with Crippen LogP contribution in [0.3, 0.4) is 0 Å². The van der Waals surface area contributed by atoms with Crippen molar-refractivity contribution in [3.63, 3.8) is 0 Å². The molecule has 0 aromatic heterocycles. The molecule has 1 saturated carbocycles. The van der Waals surface area contributed by atoms with Crippen molar-refractivity contribution in [1.82, 2.24) is 4.72 Å². The highest BCUT2D eigenvalue weighted by Gasteiger charge is 2.28. The summed E-state index contributed by atoms with van der Waals surface area (Å²) in [5.41, 5.74) is 3.52. The number of ether oxygens (including phenoxy) is 1. The Kier molecular flexibility index (Phi) is 5.53. The largest absolute Gasteiger partial charge is 0.483 e. The Morgan fingerprint density at radius 3 is 2.44 bits per heavy atom. The van der Waals surface area contributed by atoms with Crippen LogP contribution in [-0.2, 0) is 14.8 Å². The molecule has 0 heterocycles. The Morgan fingerprint density at radius 2 is 1.81 bits per heavy atom. The zero-order valence-corrected chi connectivity index (χ0v) is 16.5. The van der Waals surface area contributed by atoms with Crippen LogP contribution in [0, 0.1) is 20.8 Å². The monoisotopic (exact) mass is 388 g/mol. The molecule has 0 spiro atoms. The SMILES string of the molecule is Cc1ccc(NC(=O)COc2ccc(S(=O)(=O)NC3CC3)cc2C)c(C)c1. The van der Waals surface area contributed by atoms with Gasteiger partial charge in [-0.1, -0.05) is 17.7 Å². The molecule has 0 saturated heterocycles. The second kappa shape index (κ2) is 7.70. The van der Waals surface area contributed by atoms with Crippen molar-refractivity contribution < 1.29 is 17.9 Å². The number of sulfonamides is 1. The smallest absolute Gasteiger partial charge is 0.262 e. The number of aryl methyl sites for hydroxylation is 3. The van der Waals surface area contributed by atoms with E-state index < -0.39 is 10.0 Å². The lowest BCUT2D eigenvalue weighted by Gasteiger charge is -2.13. The maximum atomic E-state index is 12.3. The first-order valence-corrected chi connectivity index (χ1v) is 10.4. The van der Waals surface area contributed by atoms with Crippen LogP contribution >= 0.6 is 0 Å². The van der Waals surface area contributed by atoms with Gasteiger partial charge in [-0.05, 0) is 69.0 Å². The molecule has 0 unspecified atom stereocenters. The molecule has 2 aromatic rings. The highest BCUT2D eigenvalue weighted by Crippen LogP contribution is 2.25. The molecule has 1 fully saturated rings. The Labute approximate surface area is 160 Å². The quantitative estimate of drug-likeness (QED) is 0.763. The number of nitrogens with one attached hydrogen (secondary N) is 2. The van der Waals surface area contributed by atoms with Crippen LogP contribution in [0.5, 0.6) is 5.75 Å². The van der Waals surface area contributed by atoms with E-state index in [2.05, 4.69) is 10.0 Å². The molecule has 3 rings (SSSR count). The highest BCUT2D eigenvalue weighted by atomic mass is 32.2. The van der Waals surface area contributed by atoms with E-state index in [4.69, 9.17) is 4.74 Å². The number of carbonyl (C=O) groups excluding carboxylic acids is 1. The molecule has 1 amide bonds. The van der Waals surface area contributed by atoms with Crippen LogP contribution in [0.2, 0.25) is 0 Å². The van der Waals surface area contributed by atoms with Gasteiger partial charge in [-0.25, -0.2) is 13.1 Å². The zero-order valence-electron chi connectivity index (χ0n) is 15.7. The van der Waals surface area contributed by atoms with E-state index >= 15 is 0 Å². The first kappa shape index (κ1) is 19.4. The summed E-state index contributed by atoms with van der Waals surface area (Å²) in [6.07, 6.45) is 1.77. The van der Waals surface area contributed by atoms with Gasteiger partial charge in [-0.15, -0.1) is 0 Å². The Bertz CT molecular complexity index is 966. The molecule has 2 aromatic carbocycles. The summed E-state index contributed by atoms with van der Waals surface area (Å²) in [6.45, 7) is 5.53. The first-order chi connectivity index (χ1) is 12.7. The van der Waals surface area contributed by atoms with E-state index in [-0.39, 0.29) is 23.5 Å². The van der Waals surface area contributed by atoms with E-state index in [1.54, 1.807) is 19.1 Å². The van der Waals surface area contributed by atoms with Gasteiger partial charge in [0.1, 0.15) is 5.75 Å². The normalized spacial score (nSPS) is 14.0. The second-order valence-corrected chi connectivity index (χ2v) is 8.69. The Balaban J connectivity index is 1.61. The van der Waals surface area contributed by atoms with E-state index in [9.17, 15) is 13.2 Å². The van der Waals surface area contributed by atoms with Gasteiger partial charge in [0.25, 0.3) is 5.91 Å². The number of carbonyl (C=O) groups is 1. The van der Waals surface area contributed by atoms with Crippen molar-refractivity contribution in [2.75, 3.05) is 11.9 Å². The summed E-state index contributed by atoms with van der Waals surface area (Å²) < 4.78 is 32.7. The van der Waals surface area contributed by atoms with Crippen LogP contribution in [-0.4, -0.2) is 27.0 Å². The van der Waals surface area contributed by atoms with Gasteiger partial charge in [-0.2, -0.15) is 0 Å². The average Bonchev–Trinajstić information content (AvgIpc) is 3.39. The predicted octanol–water partition coefficient (Wildman–Crippen LogP) is 3.07. The summed E-state index contributed by atoms with van der Waals surface area (Å²) in [5, 5.41) is 2.82. The van der Waals surface area contributed by atoms with Crippen molar-refractivity contribution in [2.45, 2.75) is 44.6 Å².